The maximum absolute atomic E-state index is 11.6. The van der Waals surface area contributed by atoms with Gasteiger partial charge in [-0.15, -0.1) is 0 Å². The summed E-state index contributed by atoms with van der Waals surface area (Å²) in [6.07, 6.45) is 3.21. The first-order valence-electron chi connectivity index (χ1n) is 11.3. The molecule has 2 heterocycles. The second kappa shape index (κ2) is 8.58. The van der Waals surface area contributed by atoms with E-state index in [9.17, 15) is 9.90 Å². The lowest BCUT2D eigenvalue weighted by Crippen LogP contribution is -2.06. The molecule has 33 heavy (non-hydrogen) atoms. The van der Waals surface area contributed by atoms with Gasteiger partial charge < -0.3 is 14.4 Å². The van der Waals surface area contributed by atoms with Gasteiger partial charge in [0.05, 0.1) is 11.0 Å². The number of imidazole rings is 1. The zero-order valence-electron chi connectivity index (χ0n) is 18.8. The molecule has 0 fully saturated rings. The molecule has 5 rings (SSSR count). The average molecular weight is 439 g/mol. The summed E-state index contributed by atoms with van der Waals surface area (Å²) in [4.78, 5) is 16.5. The van der Waals surface area contributed by atoms with Crippen LogP contribution in [0.5, 0.6) is 5.75 Å². The Morgan fingerprint density at radius 3 is 2.79 bits per heavy atom. The van der Waals surface area contributed by atoms with Crippen LogP contribution in [-0.4, -0.2) is 20.6 Å². The van der Waals surface area contributed by atoms with Crippen LogP contribution in [0.1, 0.15) is 47.0 Å². The monoisotopic (exact) mass is 438 g/mol. The molecule has 0 atom stereocenters. The number of carbonyl (C=O) groups is 1. The minimum Gasteiger partial charge on any atom is -0.488 e. The van der Waals surface area contributed by atoms with Gasteiger partial charge >= 0.3 is 5.97 Å². The van der Waals surface area contributed by atoms with Crippen molar-refractivity contribution in [2.45, 2.75) is 39.8 Å². The maximum atomic E-state index is 11.6. The second-order valence-corrected chi connectivity index (χ2v) is 8.48. The Hall–Kier alpha value is -3.86. The van der Waals surface area contributed by atoms with Crippen LogP contribution in [0.2, 0.25) is 0 Å². The van der Waals surface area contributed by atoms with Crippen LogP contribution >= 0.6 is 0 Å². The van der Waals surface area contributed by atoms with Gasteiger partial charge in [-0.2, -0.15) is 0 Å². The number of para-hydroxylation sites is 1. The molecule has 0 saturated heterocycles. The van der Waals surface area contributed by atoms with E-state index in [0.717, 1.165) is 52.0 Å². The van der Waals surface area contributed by atoms with E-state index in [4.69, 9.17) is 9.72 Å². The Balaban J connectivity index is 1.59. The lowest BCUT2D eigenvalue weighted by Gasteiger charge is -2.14. The van der Waals surface area contributed by atoms with Gasteiger partial charge in [-0.05, 0) is 47.7 Å². The molecule has 0 radical (unpaired) electrons. The number of carboxylic acids is 1. The lowest BCUT2D eigenvalue weighted by atomic mass is 9.93. The lowest BCUT2D eigenvalue weighted by molar-refractivity contribution is -0.131. The predicted molar refractivity (Wildman–Crippen MR) is 129 cm³/mol. The fourth-order valence-corrected chi connectivity index (χ4v) is 4.60. The van der Waals surface area contributed by atoms with Gasteiger partial charge in [0.2, 0.25) is 0 Å². The third-order valence-electron chi connectivity index (χ3n) is 6.17. The Morgan fingerprint density at radius 2 is 1.97 bits per heavy atom. The van der Waals surface area contributed by atoms with E-state index in [-0.39, 0.29) is 0 Å². The number of hydrogen-bond donors (Lipinski definition) is 1. The second-order valence-electron chi connectivity index (χ2n) is 8.48. The Kier molecular flexibility index (Phi) is 5.47. The normalized spacial score (nSPS) is 13.9. The van der Waals surface area contributed by atoms with Gasteiger partial charge in [0.1, 0.15) is 18.2 Å². The highest BCUT2D eigenvalue weighted by Gasteiger charge is 2.21. The average Bonchev–Trinajstić information content (AvgIpc) is 3.07. The molecule has 5 nitrogen and oxygen atoms in total. The molecule has 0 unspecified atom stereocenters. The number of carboxylic acid groups (broad SMARTS) is 1. The van der Waals surface area contributed by atoms with Crippen LogP contribution in [0.4, 0.5) is 0 Å². The number of aromatic nitrogens is 2. The molecule has 1 N–H and O–H groups in total. The number of hydrogen-bond acceptors (Lipinski definition) is 3. The summed E-state index contributed by atoms with van der Waals surface area (Å²) in [6.45, 7) is 5.34. The van der Waals surface area contributed by atoms with Crippen LogP contribution in [0.3, 0.4) is 0 Å². The zero-order valence-corrected chi connectivity index (χ0v) is 18.8. The molecule has 0 aliphatic carbocycles. The fraction of sp³-hybridized carbons (Fsp3) is 0.214. The van der Waals surface area contributed by atoms with Crippen molar-refractivity contribution in [2.75, 3.05) is 0 Å². The van der Waals surface area contributed by atoms with Crippen molar-refractivity contribution in [3.63, 3.8) is 0 Å². The highest BCUT2D eigenvalue weighted by atomic mass is 16.5. The van der Waals surface area contributed by atoms with Gasteiger partial charge in [-0.1, -0.05) is 55.5 Å². The number of benzene rings is 3. The highest BCUT2D eigenvalue weighted by molar-refractivity contribution is 5.97. The van der Waals surface area contributed by atoms with Crippen molar-refractivity contribution in [3.8, 4) is 5.75 Å². The third-order valence-corrected chi connectivity index (χ3v) is 6.17. The van der Waals surface area contributed by atoms with Gasteiger partial charge in [0, 0.05) is 30.2 Å². The van der Waals surface area contributed by atoms with E-state index in [1.807, 2.05) is 36.4 Å². The number of ether oxygens (including phenoxy) is 1. The van der Waals surface area contributed by atoms with Gasteiger partial charge in [0.25, 0.3) is 0 Å². The van der Waals surface area contributed by atoms with Gasteiger partial charge in [0.15, 0.2) is 0 Å². The molecule has 1 aliphatic rings. The predicted octanol–water partition coefficient (Wildman–Crippen LogP) is 5.75. The van der Waals surface area contributed by atoms with Crippen LogP contribution in [0.25, 0.3) is 16.6 Å². The van der Waals surface area contributed by atoms with Crippen LogP contribution in [0.15, 0.2) is 66.7 Å². The van der Waals surface area contributed by atoms with Crippen molar-refractivity contribution in [1.29, 1.82) is 0 Å². The van der Waals surface area contributed by atoms with Crippen molar-refractivity contribution in [1.82, 2.24) is 9.55 Å². The molecule has 0 spiro atoms. The fourth-order valence-electron chi connectivity index (χ4n) is 4.60. The number of rotatable bonds is 5. The van der Waals surface area contributed by atoms with Crippen molar-refractivity contribution >= 4 is 22.6 Å². The number of fused-ring (bicyclic) bond motifs is 3. The Morgan fingerprint density at radius 1 is 1.12 bits per heavy atom. The van der Waals surface area contributed by atoms with Crippen molar-refractivity contribution in [2.24, 2.45) is 0 Å². The number of aliphatic carboxylic acids is 1. The highest BCUT2D eigenvalue weighted by Crippen LogP contribution is 2.37. The van der Waals surface area contributed by atoms with E-state index in [2.05, 4.69) is 42.7 Å². The topological polar surface area (TPSA) is 64.4 Å². The molecule has 0 bridgehead atoms. The molecular formula is C28H26N2O3. The largest absolute Gasteiger partial charge is 0.488 e. The number of nitrogens with zero attached hydrogens (tertiary/aromatic N) is 2. The van der Waals surface area contributed by atoms with E-state index >= 15 is 0 Å². The summed E-state index contributed by atoms with van der Waals surface area (Å²) in [5, 5.41) is 9.51. The molecule has 0 amide bonds. The molecule has 166 valence electrons. The van der Waals surface area contributed by atoms with E-state index in [0.29, 0.717) is 24.5 Å². The maximum Gasteiger partial charge on any atom is 0.328 e. The summed E-state index contributed by atoms with van der Waals surface area (Å²) in [6, 6.07) is 20.2. The minimum atomic E-state index is -0.971. The van der Waals surface area contributed by atoms with E-state index in [1.54, 1.807) is 0 Å². The van der Waals surface area contributed by atoms with Gasteiger partial charge in [-0.25, -0.2) is 9.78 Å². The number of aryl methyl sites for hydroxylation is 2. The van der Waals surface area contributed by atoms with Gasteiger partial charge in [-0.3, -0.25) is 0 Å². The summed E-state index contributed by atoms with van der Waals surface area (Å²) < 4.78 is 8.46. The first-order chi connectivity index (χ1) is 16.0. The first-order valence-corrected chi connectivity index (χ1v) is 11.3. The standard InChI is InChI=1S/C28H26N2O3/c1-3-7-26-29-28-18(2)8-6-11-24(28)30(26)16-19-12-13-22-23(15-27(31)32)21-10-5-4-9-20(21)17-33-25(22)14-19/h4-6,8-15H,3,7,16-17H2,1-2H3,(H,31,32)/b23-15-. The molecule has 5 heteroatoms. The Labute approximate surface area is 193 Å². The summed E-state index contributed by atoms with van der Waals surface area (Å²) in [5.41, 5.74) is 7.79. The molecule has 1 aromatic heterocycles. The first kappa shape index (κ1) is 21.0. The summed E-state index contributed by atoms with van der Waals surface area (Å²) in [7, 11) is 0. The van der Waals surface area contributed by atoms with Crippen LogP contribution < -0.4 is 4.74 Å². The third kappa shape index (κ3) is 3.91. The zero-order chi connectivity index (χ0) is 22.9. The minimum absolute atomic E-state index is 0.401. The summed E-state index contributed by atoms with van der Waals surface area (Å²) >= 11 is 0. The molecule has 0 saturated carbocycles. The van der Waals surface area contributed by atoms with E-state index < -0.39 is 5.97 Å². The SMILES string of the molecule is CCCc1nc2c(C)cccc2n1Cc1ccc2c(c1)OCc1ccccc1/C2=C/C(=O)O. The Bertz CT molecular complexity index is 1400. The smallest absolute Gasteiger partial charge is 0.328 e. The molecule has 1 aliphatic heterocycles. The molecule has 3 aromatic carbocycles. The van der Waals surface area contributed by atoms with Crippen molar-refractivity contribution < 1.29 is 14.6 Å². The quantitative estimate of drug-likeness (QED) is 0.403. The van der Waals surface area contributed by atoms with E-state index in [1.165, 1.54) is 11.6 Å². The summed E-state index contributed by atoms with van der Waals surface area (Å²) in [5.74, 6) is 0.812. The molecule has 4 aromatic rings. The molecular weight excluding hydrogens is 412 g/mol. The van der Waals surface area contributed by atoms with Crippen molar-refractivity contribution in [3.05, 3.63) is 100 Å². The van der Waals surface area contributed by atoms with Crippen LogP contribution in [-0.2, 0) is 24.4 Å². The van der Waals surface area contributed by atoms with Crippen LogP contribution in [0, 0.1) is 6.92 Å².